The van der Waals surface area contributed by atoms with E-state index in [1.807, 2.05) is 6.92 Å². The molecule has 5 nitrogen and oxygen atoms in total. The van der Waals surface area contributed by atoms with E-state index in [0.29, 0.717) is 26.4 Å². The minimum atomic E-state index is -0.570. The van der Waals surface area contributed by atoms with Gasteiger partial charge in [-0.15, -0.1) is 0 Å². The fraction of sp³-hybridized carbons (Fsp3) is 0.900. The van der Waals surface area contributed by atoms with Gasteiger partial charge < -0.3 is 18.9 Å². The Kier molecular flexibility index (Phi) is 17.3. The van der Waals surface area contributed by atoms with Crippen LogP contribution in [0.15, 0.2) is 0 Å². The zero-order valence-electron chi connectivity index (χ0n) is 10.1. The first-order valence-corrected chi connectivity index (χ1v) is 5.00. The maximum atomic E-state index is 10.4. The van der Waals surface area contributed by atoms with Crippen LogP contribution in [0.4, 0.5) is 4.79 Å². The maximum Gasteiger partial charge on any atom is 0.508 e. The molecule has 0 amide bonds. The van der Waals surface area contributed by atoms with E-state index in [1.165, 1.54) is 0 Å². The lowest BCUT2D eigenvalue weighted by atomic mass is 10.5. The minimum Gasteiger partial charge on any atom is -0.435 e. The Morgan fingerprint density at radius 3 is 1.80 bits per heavy atom. The number of hydrogen-bond acceptors (Lipinski definition) is 5. The monoisotopic (exact) mass is 222 g/mol. The standard InChI is InChI=1S/C6H12O3.C4H10O2/c1-3-5-9-6(7)8-4-2;1-5-3-4-6-2/h3-5H2,1-2H3;3-4H2,1-2H3. The van der Waals surface area contributed by atoms with Crippen molar-refractivity contribution in [3.05, 3.63) is 0 Å². The smallest absolute Gasteiger partial charge is 0.435 e. The van der Waals surface area contributed by atoms with Gasteiger partial charge in [0.15, 0.2) is 0 Å². The van der Waals surface area contributed by atoms with E-state index in [9.17, 15) is 4.79 Å². The van der Waals surface area contributed by atoms with Crippen molar-refractivity contribution in [3.8, 4) is 0 Å². The summed E-state index contributed by atoms with van der Waals surface area (Å²) in [4.78, 5) is 10.4. The second-order valence-electron chi connectivity index (χ2n) is 2.52. The highest BCUT2D eigenvalue weighted by Gasteiger charge is 1.97. The molecule has 0 aliphatic carbocycles. The van der Waals surface area contributed by atoms with Gasteiger partial charge in [-0.3, -0.25) is 0 Å². The normalized spacial score (nSPS) is 8.80. The summed E-state index contributed by atoms with van der Waals surface area (Å²) in [6, 6.07) is 0. The van der Waals surface area contributed by atoms with Gasteiger partial charge in [-0.05, 0) is 13.3 Å². The van der Waals surface area contributed by atoms with Crippen molar-refractivity contribution in [3.63, 3.8) is 0 Å². The van der Waals surface area contributed by atoms with Crippen LogP contribution in [0.2, 0.25) is 0 Å². The van der Waals surface area contributed by atoms with E-state index in [2.05, 4.69) is 18.9 Å². The number of methoxy groups -OCH3 is 2. The molecule has 0 aromatic carbocycles. The number of rotatable bonds is 6. The van der Waals surface area contributed by atoms with E-state index >= 15 is 0 Å². The first-order valence-electron chi connectivity index (χ1n) is 5.00. The van der Waals surface area contributed by atoms with Crippen LogP contribution in [0.1, 0.15) is 20.3 Å². The summed E-state index contributed by atoms with van der Waals surface area (Å²) in [7, 11) is 3.30. The van der Waals surface area contributed by atoms with Crippen molar-refractivity contribution in [2.75, 3.05) is 40.6 Å². The number of carbonyl (C=O) groups is 1. The second kappa shape index (κ2) is 15.7. The Bertz CT molecular complexity index is 123. The van der Waals surface area contributed by atoms with Crippen molar-refractivity contribution < 1.29 is 23.7 Å². The summed E-state index contributed by atoms with van der Waals surface area (Å²) in [6.07, 6.45) is 0.262. The molecule has 0 aromatic rings. The SMILES string of the molecule is CCCOC(=O)OCC.COCCOC. The molecular formula is C10H22O5. The third kappa shape index (κ3) is 19.6. The highest BCUT2D eigenvalue weighted by molar-refractivity contribution is 5.59. The van der Waals surface area contributed by atoms with Gasteiger partial charge in [-0.1, -0.05) is 6.92 Å². The lowest BCUT2D eigenvalue weighted by Gasteiger charge is -2.00. The number of hydrogen-bond donors (Lipinski definition) is 0. The molecule has 0 spiro atoms. The fourth-order valence-corrected chi connectivity index (χ4v) is 0.512. The fourth-order valence-electron chi connectivity index (χ4n) is 0.512. The Hall–Kier alpha value is -0.810. The van der Waals surface area contributed by atoms with Crippen LogP contribution >= 0.6 is 0 Å². The second-order valence-corrected chi connectivity index (χ2v) is 2.52. The zero-order chi connectivity index (χ0) is 11.9. The van der Waals surface area contributed by atoms with Gasteiger partial charge in [0.2, 0.25) is 0 Å². The van der Waals surface area contributed by atoms with Crippen LogP contribution < -0.4 is 0 Å². The van der Waals surface area contributed by atoms with Crippen LogP contribution in [0.5, 0.6) is 0 Å². The van der Waals surface area contributed by atoms with Crippen LogP contribution in [-0.4, -0.2) is 46.8 Å². The van der Waals surface area contributed by atoms with E-state index < -0.39 is 6.16 Å². The largest absolute Gasteiger partial charge is 0.508 e. The third-order valence-electron chi connectivity index (χ3n) is 1.18. The summed E-state index contributed by atoms with van der Waals surface area (Å²) in [6.45, 7) is 5.88. The third-order valence-corrected chi connectivity index (χ3v) is 1.18. The number of ether oxygens (including phenoxy) is 4. The first kappa shape index (κ1) is 16.6. The Morgan fingerprint density at radius 2 is 1.47 bits per heavy atom. The molecule has 0 radical (unpaired) electrons. The molecule has 92 valence electrons. The van der Waals surface area contributed by atoms with Crippen molar-refractivity contribution in [2.24, 2.45) is 0 Å². The highest BCUT2D eigenvalue weighted by atomic mass is 16.7. The molecule has 0 unspecified atom stereocenters. The molecular weight excluding hydrogens is 200 g/mol. The van der Waals surface area contributed by atoms with Gasteiger partial charge in [0.25, 0.3) is 0 Å². The number of carbonyl (C=O) groups excluding carboxylic acids is 1. The molecule has 5 heteroatoms. The van der Waals surface area contributed by atoms with E-state index in [-0.39, 0.29) is 0 Å². The van der Waals surface area contributed by atoms with Crippen LogP contribution in [0, 0.1) is 0 Å². The van der Waals surface area contributed by atoms with Crippen LogP contribution in [0.3, 0.4) is 0 Å². The Labute approximate surface area is 91.6 Å². The molecule has 0 aliphatic heterocycles. The summed E-state index contributed by atoms with van der Waals surface area (Å²) in [5, 5.41) is 0. The van der Waals surface area contributed by atoms with Gasteiger partial charge in [-0.25, -0.2) is 4.79 Å². The average Bonchev–Trinajstić information content (AvgIpc) is 2.25. The van der Waals surface area contributed by atoms with Gasteiger partial charge in [0.1, 0.15) is 0 Å². The van der Waals surface area contributed by atoms with Gasteiger partial charge in [-0.2, -0.15) is 0 Å². The highest BCUT2D eigenvalue weighted by Crippen LogP contribution is 1.85. The van der Waals surface area contributed by atoms with Crippen molar-refractivity contribution in [1.29, 1.82) is 0 Å². The van der Waals surface area contributed by atoms with E-state index in [0.717, 1.165) is 6.42 Å². The van der Waals surface area contributed by atoms with E-state index in [1.54, 1.807) is 21.1 Å². The predicted octanol–water partition coefficient (Wildman–Crippen LogP) is 1.85. The molecule has 0 rings (SSSR count). The van der Waals surface area contributed by atoms with Gasteiger partial charge in [0, 0.05) is 14.2 Å². The predicted molar refractivity (Wildman–Crippen MR) is 57.0 cm³/mol. The van der Waals surface area contributed by atoms with Crippen molar-refractivity contribution >= 4 is 6.16 Å². The Morgan fingerprint density at radius 1 is 0.933 bits per heavy atom. The van der Waals surface area contributed by atoms with Crippen molar-refractivity contribution in [1.82, 2.24) is 0 Å². The molecule has 0 fully saturated rings. The maximum absolute atomic E-state index is 10.4. The molecule has 0 aliphatic rings. The van der Waals surface area contributed by atoms with Crippen LogP contribution in [-0.2, 0) is 18.9 Å². The molecule has 15 heavy (non-hydrogen) atoms. The Balaban J connectivity index is 0. The van der Waals surface area contributed by atoms with E-state index in [4.69, 9.17) is 0 Å². The molecule has 0 aromatic heterocycles. The molecule has 0 saturated carbocycles. The minimum absolute atomic E-state index is 0.378. The van der Waals surface area contributed by atoms with Gasteiger partial charge >= 0.3 is 6.16 Å². The summed E-state index contributed by atoms with van der Waals surface area (Å²) in [5.41, 5.74) is 0. The molecule has 0 bridgehead atoms. The first-order chi connectivity index (χ1) is 7.22. The lowest BCUT2D eigenvalue weighted by Crippen LogP contribution is -2.07. The summed E-state index contributed by atoms with van der Waals surface area (Å²) < 4.78 is 18.4. The zero-order valence-corrected chi connectivity index (χ0v) is 10.1. The molecule has 0 N–H and O–H groups in total. The molecule has 0 atom stereocenters. The average molecular weight is 222 g/mol. The summed E-state index contributed by atoms with van der Waals surface area (Å²) >= 11 is 0. The quantitative estimate of drug-likeness (QED) is 0.507. The molecule has 0 heterocycles. The van der Waals surface area contributed by atoms with Gasteiger partial charge in [0.05, 0.1) is 26.4 Å². The van der Waals surface area contributed by atoms with Crippen LogP contribution in [0.25, 0.3) is 0 Å². The summed E-state index contributed by atoms with van der Waals surface area (Å²) in [5.74, 6) is 0. The lowest BCUT2D eigenvalue weighted by molar-refractivity contribution is 0.0592. The van der Waals surface area contributed by atoms with Crippen molar-refractivity contribution in [2.45, 2.75) is 20.3 Å². The topological polar surface area (TPSA) is 54.0 Å². The molecule has 0 saturated heterocycles.